The lowest BCUT2D eigenvalue weighted by molar-refractivity contribution is 0.907. The van der Waals surface area contributed by atoms with Gasteiger partial charge < -0.3 is 0 Å². The summed E-state index contributed by atoms with van der Waals surface area (Å²) in [5.41, 5.74) is 6.87. The first-order chi connectivity index (χ1) is 15.7. The molecule has 1 aliphatic heterocycles. The van der Waals surface area contributed by atoms with Crippen LogP contribution in [0.1, 0.15) is 78.5 Å². The van der Waals surface area contributed by atoms with Crippen molar-refractivity contribution < 1.29 is 0 Å². The maximum atomic E-state index is 4.39. The highest BCUT2D eigenvalue weighted by Crippen LogP contribution is 2.39. The molecule has 0 bridgehead atoms. The Kier molecular flexibility index (Phi) is 15.5. The zero-order valence-electron chi connectivity index (χ0n) is 22.4. The first kappa shape index (κ1) is 29.9. The highest BCUT2D eigenvalue weighted by Gasteiger charge is 2.23. The summed E-state index contributed by atoms with van der Waals surface area (Å²) >= 11 is 1.75. The maximum absolute atomic E-state index is 4.39. The van der Waals surface area contributed by atoms with Crippen LogP contribution < -0.4 is 0 Å². The second-order valence-corrected chi connectivity index (χ2v) is 7.36. The van der Waals surface area contributed by atoms with Crippen LogP contribution in [0.4, 0.5) is 0 Å². The van der Waals surface area contributed by atoms with Crippen molar-refractivity contribution in [2.75, 3.05) is 12.5 Å². The highest BCUT2D eigenvalue weighted by molar-refractivity contribution is 7.97. The van der Waals surface area contributed by atoms with Crippen molar-refractivity contribution in [1.82, 2.24) is 0 Å². The molecule has 5 rings (SSSR count). The number of nitrogens with zero attached hydrogens (tertiary/aromatic N) is 1. The number of aliphatic imine (C=N–C) groups is 1. The second-order valence-electron chi connectivity index (χ2n) is 6.54. The number of rotatable bonds is 0. The predicted octanol–water partition coefficient (Wildman–Crippen LogP) is 10.1. The van der Waals surface area contributed by atoms with E-state index in [0.717, 1.165) is 12.8 Å². The highest BCUT2D eigenvalue weighted by atomic mass is 32.2. The number of hydrogen-bond acceptors (Lipinski definition) is 2. The van der Waals surface area contributed by atoms with Crippen molar-refractivity contribution >= 4 is 45.1 Å². The summed E-state index contributed by atoms with van der Waals surface area (Å²) in [4.78, 5) is 4.39. The fourth-order valence-corrected chi connectivity index (χ4v) is 3.66. The Morgan fingerprint density at radius 3 is 1.84 bits per heavy atom. The number of hydrogen-bond donors (Lipinski definition) is 0. The Morgan fingerprint density at radius 2 is 1.28 bits per heavy atom. The molecule has 0 atom stereocenters. The molecular formula is C30H45NS. The molecule has 3 aromatic carbocycles. The van der Waals surface area contributed by atoms with Crippen LogP contribution in [-0.2, 0) is 6.42 Å². The fraction of sp³-hybridized carbons (Fsp3) is 0.433. The number of fused-ring (bicyclic) bond motifs is 5. The quantitative estimate of drug-likeness (QED) is 0.310. The van der Waals surface area contributed by atoms with Crippen LogP contribution in [-0.4, -0.2) is 18.7 Å². The Balaban J connectivity index is 0.000000767. The first-order valence-corrected chi connectivity index (χ1v) is 14.0. The zero-order chi connectivity index (χ0) is 24.7. The molecule has 0 N–H and O–H groups in total. The third kappa shape index (κ3) is 6.97. The van der Waals surface area contributed by atoms with Gasteiger partial charge in [-0.25, -0.2) is 0 Å². The lowest BCUT2D eigenvalue weighted by Crippen LogP contribution is -2.11. The molecule has 2 heteroatoms. The summed E-state index contributed by atoms with van der Waals surface area (Å²) in [6.45, 7) is 18.2. The molecule has 176 valence electrons. The van der Waals surface area contributed by atoms with E-state index < -0.39 is 0 Å². The van der Waals surface area contributed by atoms with Crippen LogP contribution in [0.25, 0.3) is 27.1 Å². The van der Waals surface area contributed by atoms with E-state index >= 15 is 0 Å². The van der Waals surface area contributed by atoms with E-state index in [1.165, 1.54) is 49.5 Å². The zero-order valence-corrected chi connectivity index (χ0v) is 23.2. The summed E-state index contributed by atoms with van der Waals surface area (Å²) in [6.07, 6.45) is 8.30. The average Bonchev–Trinajstić information content (AvgIpc) is 2.83. The van der Waals surface area contributed by atoms with Gasteiger partial charge in [0.15, 0.2) is 0 Å². The first-order valence-electron chi connectivity index (χ1n) is 12.3. The van der Waals surface area contributed by atoms with E-state index in [-0.39, 0.29) is 0 Å². The van der Waals surface area contributed by atoms with Crippen LogP contribution in [0.15, 0.2) is 53.2 Å². The smallest absolute Gasteiger partial charge is 0.0501 e. The lowest BCUT2D eigenvalue weighted by Gasteiger charge is -2.25. The average molecular weight is 452 g/mol. The number of thioether (sulfide) groups is 1. The van der Waals surface area contributed by atoms with Gasteiger partial charge in [-0.1, -0.05) is 91.3 Å². The molecule has 32 heavy (non-hydrogen) atoms. The molecular weight excluding hydrogens is 406 g/mol. The number of aryl methyl sites for hydroxylation is 2. The van der Waals surface area contributed by atoms with Gasteiger partial charge in [0.25, 0.3) is 0 Å². The van der Waals surface area contributed by atoms with Crippen LogP contribution >= 0.6 is 11.8 Å². The standard InChI is InChI=1S/C20H15N.C2H6S.4C2H6/c1-12-2-3-13-9-14-4-5-17-16(18(14)10-15(13)8-12)6-7-20-19(17)11-21-20;1-3-2;4*1-2/h2-5,8-11H,6-7H2,1H3;1-2H3;4*1-2H3. The monoisotopic (exact) mass is 451 g/mol. The minimum atomic E-state index is 1.09. The molecule has 0 saturated carbocycles. The van der Waals surface area contributed by atoms with Gasteiger partial charge in [0.2, 0.25) is 0 Å². The van der Waals surface area contributed by atoms with Gasteiger partial charge in [-0.3, -0.25) is 4.99 Å². The molecule has 0 amide bonds. The van der Waals surface area contributed by atoms with E-state index in [1.807, 2.05) is 74.1 Å². The summed E-state index contributed by atoms with van der Waals surface area (Å²) < 4.78 is 0. The Hall–Kier alpha value is -2.06. The van der Waals surface area contributed by atoms with Crippen molar-refractivity contribution in [3.63, 3.8) is 0 Å². The molecule has 2 aliphatic rings. The molecule has 1 heterocycles. The lowest BCUT2D eigenvalue weighted by atomic mass is 9.83. The minimum Gasteiger partial charge on any atom is -0.260 e. The molecule has 3 aromatic rings. The van der Waals surface area contributed by atoms with Gasteiger partial charge in [0.1, 0.15) is 0 Å². The van der Waals surface area contributed by atoms with Crippen molar-refractivity contribution in [1.29, 1.82) is 0 Å². The van der Waals surface area contributed by atoms with Gasteiger partial charge in [0, 0.05) is 11.8 Å². The Bertz CT molecular complexity index is 1010. The molecule has 1 nitrogen and oxygen atoms in total. The van der Waals surface area contributed by atoms with Gasteiger partial charge >= 0.3 is 0 Å². The van der Waals surface area contributed by atoms with E-state index in [4.69, 9.17) is 0 Å². The normalized spacial score (nSPS) is 11.8. The Morgan fingerprint density at radius 1 is 0.688 bits per heavy atom. The van der Waals surface area contributed by atoms with Gasteiger partial charge in [-0.15, -0.1) is 0 Å². The van der Waals surface area contributed by atoms with Gasteiger partial charge in [-0.05, 0) is 77.1 Å². The number of benzene rings is 3. The minimum absolute atomic E-state index is 1.09. The second kappa shape index (κ2) is 16.6. The maximum Gasteiger partial charge on any atom is 0.0501 e. The third-order valence-corrected chi connectivity index (χ3v) is 4.81. The molecule has 0 unspecified atom stereocenters. The molecule has 0 fully saturated rings. The van der Waals surface area contributed by atoms with E-state index in [2.05, 4.69) is 54.4 Å². The molecule has 1 aliphatic carbocycles. The van der Waals surface area contributed by atoms with Crippen molar-refractivity contribution in [3.8, 4) is 0 Å². The SMILES string of the molecule is CC.CC.CC.CC.CSC.Cc1ccc2cc3ccc4c(c3cc2c1)CCC1=C4C=N1. The van der Waals surface area contributed by atoms with Crippen LogP contribution in [0.3, 0.4) is 0 Å². The van der Waals surface area contributed by atoms with Crippen molar-refractivity contribution in [2.45, 2.75) is 75.2 Å². The topological polar surface area (TPSA) is 12.4 Å². The predicted molar refractivity (Wildman–Crippen MR) is 155 cm³/mol. The van der Waals surface area contributed by atoms with E-state index in [0.29, 0.717) is 0 Å². The molecule has 0 aromatic heterocycles. The van der Waals surface area contributed by atoms with Gasteiger partial charge in [-0.2, -0.15) is 11.8 Å². The summed E-state index contributed by atoms with van der Waals surface area (Å²) in [5.74, 6) is 0. The largest absolute Gasteiger partial charge is 0.260 e. The summed E-state index contributed by atoms with van der Waals surface area (Å²) in [7, 11) is 0. The van der Waals surface area contributed by atoms with Crippen molar-refractivity contribution in [2.24, 2.45) is 4.99 Å². The van der Waals surface area contributed by atoms with Crippen LogP contribution in [0, 0.1) is 6.92 Å². The van der Waals surface area contributed by atoms with E-state index in [9.17, 15) is 0 Å². The van der Waals surface area contributed by atoms with Gasteiger partial charge in [0.05, 0.1) is 5.70 Å². The molecule has 0 spiro atoms. The summed E-state index contributed by atoms with van der Waals surface area (Å²) in [6, 6.07) is 15.9. The van der Waals surface area contributed by atoms with Crippen molar-refractivity contribution in [3.05, 3.63) is 64.9 Å². The third-order valence-electron chi connectivity index (χ3n) is 4.81. The van der Waals surface area contributed by atoms with E-state index in [1.54, 1.807) is 11.8 Å². The fourth-order valence-electron chi connectivity index (χ4n) is 3.66. The molecule has 0 saturated heterocycles. The van der Waals surface area contributed by atoms with Crippen LogP contribution in [0.2, 0.25) is 0 Å². The summed E-state index contributed by atoms with van der Waals surface area (Å²) in [5, 5.41) is 5.44. The van der Waals surface area contributed by atoms with Crippen LogP contribution in [0.5, 0.6) is 0 Å². The number of allylic oxidation sites excluding steroid dienone is 2. The Labute approximate surface area is 202 Å². The molecule has 0 radical (unpaired) electrons.